The van der Waals surface area contributed by atoms with Crippen LogP contribution in [0, 0.1) is 20.8 Å². The van der Waals surface area contributed by atoms with E-state index in [4.69, 9.17) is 14.7 Å². The second-order valence-corrected chi connectivity index (χ2v) is 10.6. The number of benzene rings is 3. The molecule has 0 aliphatic rings. The lowest BCUT2D eigenvalue weighted by Crippen LogP contribution is -2.12. The van der Waals surface area contributed by atoms with Crippen LogP contribution in [0.3, 0.4) is 0 Å². The summed E-state index contributed by atoms with van der Waals surface area (Å²) in [6, 6.07) is 29.4. The Hall–Kier alpha value is -4.84. The van der Waals surface area contributed by atoms with Gasteiger partial charge in [-0.2, -0.15) is 0 Å². The average Bonchev–Trinajstić information content (AvgIpc) is 3.23. The van der Waals surface area contributed by atoms with Crippen LogP contribution in [0.4, 0.5) is 17.2 Å². The Bertz CT molecular complexity index is 1850. The van der Waals surface area contributed by atoms with E-state index < -0.39 is 0 Å². The Morgan fingerprint density at radius 3 is 2.40 bits per heavy atom. The number of rotatable bonds is 7. The number of aromatic nitrogens is 3. The number of fused-ring (bicyclic) bond motifs is 3. The van der Waals surface area contributed by atoms with Crippen molar-refractivity contribution >= 4 is 39.0 Å². The van der Waals surface area contributed by atoms with E-state index in [0.717, 1.165) is 67.7 Å². The molecule has 2 N–H and O–H groups in total. The fourth-order valence-corrected chi connectivity index (χ4v) is 5.13. The summed E-state index contributed by atoms with van der Waals surface area (Å²) in [5, 5.41) is 9.33. The molecule has 3 heterocycles. The molecular formula is C34H33N5O. The molecule has 3 aromatic carbocycles. The number of nitrogens with zero attached hydrogens (tertiary/aromatic N) is 3. The van der Waals surface area contributed by atoms with E-state index in [-0.39, 0.29) is 0 Å². The lowest BCUT2D eigenvalue weighted by molar-refractivity contribution is 0.483. The molecule has 6 rings (SSSR count). The van der Waals surface area contributed by atoms with Gasteiger partial charge in [-0.3, -0.25) is 4.57 Å². The highest BCUT2D eigenvalue weighted by atomic mass is 16.5. The van der Waals surface area contributed by atoms with Gasteiger partial charge in [0.2, 0.25) is 0 Å². The van der Waals surface area contributed by atoms with Crippen LogP contribution in [0.25, 0.3) is 27.6 Å². The van der Waals surface area contributed by atoms with E-state index in [0.29, 0.717) is 6.04 Å². The molecule has 0 atom stereocenters. The summed E-state index contributed by atoms with van der Waals surface area (Å²) in [6.07, 6.45) is 1.86. The Morgan fingerprint density at radius 2 is 1.57 bits per heavy atom. The first-order valence-corrected chi connectivity index (χ1v) is 13.6. The topological polar surface area (TPSA) is 64.0 Å². The van der Waals surface area contributed by atoms with E-state index >= 15 is 0 Å². The largest absolute Gasteiger partial charge is 0.457 e. The van der Waals surface area contributed by atoms with Crippen molar-refractivity contribution in [3.8, 4) is 17.3 Å². The normalized spacial score (nSPS) is 11.3. The van der Waals surface area contributed by atoms with Gasteiger partial charge in [-0.15, -0.1) is 0 Å². The van der Waals surface area contributed by atoms with Gasteiger partial charge in [-0.05, 0) is 100 Å². The standard InChI is InChI=1S/C34H33N5O/c1-21(2)36-30-13-10-24(5)37-34(30)38-25-16-23(4)17-27(19-25)40-26-11-12-29-28-8-6-7-9-31(28)39(32(29)20-26)33-18-22(3)14-15-35-33/h6-21,36H,1-5H3,(H,37,38). The first-order valence-electron chi connectivity index (χ1n) is 13.6. The molecule has 0 unspecified atom stereocenters. The molecule has 200 valence electrons. The minimum absolute atomic E-state index is 0.293. The number of hydrogen-bond acceptors (Lipinski definition) is 5. The number of anilines is 3. The molecule has 6 nitrogen and oxygen atoms in total. The predicted octanol–water partition coefficient (Wildman–Crippen LogP) is 8.86. The van der Waals surface area contributed by atoms with Gasteiger partial charge in [0.05, 0.1) is 16.7 Å². The third-order valence-corrected chi connectivity index (χ3v) is 6.80. The van der Waals surface area contributed by atoms with Gasteiger partial charge in [0.1, 0.15) is 17.3 Å². The van der Waals surface area contributed by atoms with E-state index in [1.54, 1.807) is 0 Å². The molecule has 0 bridgehead atoms. The van der Waals surface area contributed by atoms with Crippen molar-refractivity contribution in [3.05, 3.63) is 108 Å². The first kappa shape index (κ1) is 25.4. The summed E-state index contributed by atoms with van der Waals surface area (Å²) in [6.45, 7) is 10.4. The molecule has 0 radical (unpaired) electrons. The van der Waals surface area contributed by atoms with Crippen LogP contribution < -0.4 is 15.4 Å². The van der Waals surface area contributed by atoms with Crippen molar-refractivity contribution in [1.29, 1.82) is 0 Å². The molecule has 0 amide bonds. The molecule has 6 heteroatoms. The second kappa shape index (κ2) is 10.4. The summed E-state index contributed by atoms with van der Waals surface area (Å²) in [5.74, 6) is 3.20. The Morgan fingerprint density at radius 1 is 0.750 bits per heavy atom. The van der Waals surface area contributed by atoms with Crippen LogP contribution in [0.5, 0.6) is 11.5 Å². The van der Waals surface area contributed by atoms with Crippen LogP contribution in [-0.4, -0.2) is 20.6 Å². The van der Waals surface area contributed by atoms with E-state index in [1.165, 1.54) is 5.39 Å². The van der Waals surface area contributed by atoms with Crippen molar-refractivity contribution < 1.29 is 4.74 Å². The highest BCUT2D eigenvalue weighted by molar-refractivity contribution is 6.09. The third kappa shape index (κ3) is 5.08. The maximum atomic E-state index is 6.47. The Balaban J connectivity index is 1.38. The minimum Gasteiger partial charge on any atom is -0.457 e. The van der Waals surface area contributed by atoms with Crippen LogP contribution >= 0.6 is 0 Å². The lowest BCUT2D eigenvalue weighted by atomic mass is 10.1. The van der Waals surface area contributed by atoms with Gasteiger partial charge >= 0.3 is 0 Å². The smallest absolute Gasteiger partial charge is 0.154 e. The quantitative estimate of drug-likeness (QED) is 0.217. The highest BCUT2D eigenvalue weighted by Gasteiger charge is 2.15. The zero-order valence-corrected chi connectivity index (χ0v) is 23.5. The SMILES string of the molecule is Cc1cc(Nc2nc(C)ccc2NC(C)C)cc(Oc2ccc3c4ccccc4n(-c4cc(C)ccn4)c3c2)c1. The van der Waals surface area contributed by atoms with Gasteiger partial charge < -0.3 is 15.4 Å². The summed E-state index contributed by atoms with van der Waals surface area (Å²) in [7, 11) is 0. The fourth-order valence-electron chi connectivity index (χ4n) is 5.13. The van der Waals surface area contributed by atoms with Crippen molar-refractivity contribution in [2.45, 2.75) is 40.7 Å². The molecule has 40 heavy (non-hydrogen) atoms. The van der Waals surface area contributed by atoms with Crippen LogP contribution in [0.1, 0.15) is 30.7 Å². The number of aryl methyl sites for hydroxylation is 3. The third-order valence-electron chi connectivity index (χ3n) is 6.80. The summed E-state index contributed by atoms with van der Waals surface area (Å²) < 4.78 is 8.67. The monoisotopic (exact) mass is 527 g/mol. The molecule has 0 aliphatic heterocycles. The van der Waals surface area contributed by atoms with Gasteiger partial charge in [0.25, 0.3) is 0 Å². The first-order chi connectivity index (χ1) is 19.3. The second-order valence-electron chi connectivity index (χ2n) is 10.6. The maximum absolute atomic E-state index is 6.47. The molecule has 6 aromatic rings. The van der Waals surface area contributed by atoms with Crippen molar-refractivity contribution in [2.75, 3.05) is 10.6 Å². The molecule has 0 spiro atoms. The molecule has 0 fully saturated rings. The van der Waals surface area contributed by atoms with Crippen molar-refractivity contribution in [2.24, 2.45) is 0 Å². The number of ether oxygens (including phenoxy) is 1. The van der Waals surface area contributed by atoms with Crippen LogP contribution in [0.15, 0.2) is 91.1 Å². The van der Waals surface area contributed by atoms with Gasteiger partial charge in [0, 0.05) is 46.5 Å². The average molecular weight is 528 g/mol. The summed E-state index contributed by atoms with van der Waals surface area (Å²) >= 11 is 0. The Kier molecular flexibility index (Phi) is 6.60. The van der Waals surface area contributed by atoms with Crippen LogP contribution in [-0.2, 0) is 0 Å². The van der Waals surface area contributed by atoms with E-state index in [2.05, 4.69) is 97.5 Å². The predicted molar refractivity (Wildman–Crippen MR) is 166 cm³/mol. The van der Waals surface area contributed by atoms with Gasteiger partial charge in [-0.1, -0.05) is 18.2 Å². The zero-order valence-electron chi connectivity index (χ0n) is 23.5. The van der Waals surface area contributed by atoms with Gasteiger partial charge in [0.15, 0.2) is 5.82 Å². The molecule has 3 aromatic heterocycles. The lowest BCUT2D eigenvalue weighted by Gasteiger charge is -2.17. The Labute approximate surface area is 234 Å². The number of hydrogen-bond donors (Lipinski definition) is 2. The number of nitrogens with one attached hydrogen (secondary N) is 2. The molecule has 0 saturated heterocycles. The number of para-hydroxylation sites is 1. The van der Waals surface area contributed by atoms with E-state index in [1.807, 2.05) is 43.5 Å². The summed E-state index contributed by atoms with van der Waals surface area (Å²) in [4.78, 5) is 9.43. The molecule has 0 saturated carbocycles. The van der Waals surface area contributed by atoms with Crippen LogP contribution in [0.2, 0.25) is 0 Å². The van der Waals surface area contributed by atoms with E-state index in [9.17, 15) is 0 Å². The fraction of sp³-hybridized carbons (Fsp3) is 0.176. The molecule has 0 aliphatic carbocycles. The summed E-state index contributed by atoms with van der Waals surface area (Å²) in [5.41, 5.74) is 7.25. The highest BCUT2D eigenvalue weighted by Crippen LogP contribution is 2.36. The maximum Gasteiger partial charge on any atom is 0.154 e. The van der Waals surface area contributed by atoms with Gasteiger partial charge in [-0.25, -0.2) is 9.97 Å². The minimum atomic E-state index is 0.293. The molecular weight excluding hydrogens is 494 g/mol. The van der Waals surface area contributed by atoms with Crippen molar-refractivity contribution in [3.63, 3.8) is 0 Å². The zero-order chi connectivity index (χ0) is 27.8. The number of pyridine rings is 2. The van der Waals surface area contributed by atoms with Crippen molar-refractivity contribution in [1.82, 2.24) is 14.5 Å².